The molecule has 8 heteroatoms. The number of hydrogen-bond acceptors (Lipinski definition) is 4. The molecule has 1 N–H and O–H groups in total. The number of hydrogen-bond donors (Lipinski definition) is 1. The average molecular weight is 445 g/mol. The molecule has 1 aromatic carbocycles. The van der Waals surface area contributed by atoms with Crippen LogP contribution in [0.5, 0.6) is 0 Å². The first-order chi connectivity index (χ1) is 13.4. The first-order valence-corrected chi connectivity index (χ1v) is 10.2. The fraction of sp³-hybridized carbons (Fsp3) is 0.400. The van der Waals surface area contributed by atoms with Crippen molar-refractivity contribution in [3.05, 3.63) is 40.5 Å². The molecule has 0 spiro atoms. The van der Waals surface area contributed by atoms with Gasteiger partial charge in [-0.1, -0.05) is 41.6 Å². The van der Waals surface area contributed by atoms with Gasteiger partial charge in [0.15, 0.2) is 5.82 Å². The summed E-state index contributed by atoms with van der Waals surface area (Å²) >= 11 is 3.34. The van der Waals surface area contributed by atoms with Crippen molar-refractivity contribution in [1.82, 2.24) is 9.78 Å². The third-order valence-electron chi connectivity index (χ3n) is 5.49. The van der Waals surface area contributed by atoms with Crippen LogP contribution in [0.15, 0.2) is 34.9 Å². The number of nitrogens with one attached hydrogen (secondary N) is 1. The van der Waals surface area contributed by atoms with Crippen molar-refractivity contribution in [1.29, 1.82) is 0 Å². The largest absolute Gasteiger partial charge is 0.307 e. The highest BCUT2D eigenvalue weighted by atomic mass is 79.9. The highest BCUT2D eigenvalue weighted by molar-refractivity contribution is 9.10. The number of nitrogens with zero attached hydrogens (tertiary/aromatic N) is 3. The summed E-state index contributed by atoms with van der Waals surface area (Å²) in [6, 6.07) is 6.09. The van der Waals surface area contributed by atoms with Crippen LogP contribution in [0.4, 0.5) is 11.5 Å². The lowest BCUT2D eigenvalue weighted by Gasteiger charge is -2.29. The van der Waals surface area contributed by atoms with E-state index in [4.69, 9.17) is 0 Å². The van der Waals surface area contributed by atoms with Crippen molar-refractivity contribution in [3.8, 4) is 0 Å². The van der Waals surface area contributed by atoms with Crippen LogP contribution >= 0.6 is 15.9 Å². The van der Waals surface area contributed by atoms with E-state index in [1.807, 2.05) is 0 Å². The van der Waals surface area contributed by atoms with Gasteiger partial charge in [-0.25, -0.2) is 0 Å². The Bertz CT molecular complexity index is 949. The third-order valence-corrected chi connectivity index (χ3v) is 5.98. The van der Waals surface area contributed by atoms with E-state index >= 15 is 0 Å². The van der Waals surface area contributed by atoms with Gasteiger partial charge in [0.05, 0.1) is 11.3 Å². The molecule has 4 rings (SSSR count). The first-order valence-electron chi connectivity index (χ1n) is 9.42. The van der Waals surface area contributed by atoms with Crippen molar-refractivity contribution < 1.29 is 14.4 Å². The van der Waals surface area contributed by atoms with Crippen molar-refractivity contribution in [2.24, 2.45) is 13.0 Å². The van der Waals surface area contributed by atoms with Crippen LogP contribution in [0.1, 0.15) is 42.5 Å². The molecule has 2 aliphatic rings. The van der Waals surface area contributed by atoms with Gasteiger partial charge in [-0.05, 0) is 30.5 Å². The molecule has 28 heavy (non-hydrogen) atoms. The van der Waals surface area contributed by atoms with Crippen LogP contribution in [-0.2, 0) is 16.6 Å². The number of anilines is 2. The summed E-state index contributed by atoms with van der Waals surface area (Å²) in [6.07, 6.45) is 6.62. The van der Waals surface area contributed by atoms with E-state index in [0.717, 1.165) is 30.2 Å². The second-order valence-electron chi connectivity index (χ2n) is 7.43. The van der Waals surface area contributed by atoms with E-state index in [0.29, 0.717) is 29.4 Å². The quantitative estimate of drug-likeness (QED) is 0.716. The summed E-state index contributed by atoms with van der Waals surface area (Å²) in [5.41, 5.74) is 0.832. The summed E-state index contributed by atoms with van der Waals surface area (Å²) in [6.45, 7) is 0. The van der Waals surface area contributed by atoms with Crippen LogP contribution in [-0.4, -0.2) is 33.4 Å². The van der Waals surface area contributed by atoms with Crippen LogP contribution in [0.2, 0.25) is 0 Å². The average Bonchev–Trinajstić information content (AvgIpc) is 3.37. The molecule has 2 heterocycles. The molecule has 1 saturated carbocycles. The van der Waals surface area contributed by atoms with Gasteiger partial charge in [-0.15, -0.1) is 0 Å². The monoisotopic (exact) mass is 444 g/mol. The highest BCUT2D eigenvalue weighted by Crippen LogP contribution is 2.37. The maximum Gasteiger partial charge on any atom is 0.300 e. The number of amides is 2. The predicted molar refractivity (Wildman–Crippen MR) is 108 cm³/mol. The number of carbonyl (C=O) groups excluding carboxylic acids is 3. The molecule has 1 aliphatic carbocycles. The zero-order valence-corrected chi connectivity index (χ0v) is 17.1. The van der Waals surface area contributed by atoms with Crippen LogP contribution < -0.4 is 10.2 Å². The zero-order valence-electron chi connectivity index (χ0n) is 15.5. The van der Waals surface area contributed by atoms with Gasteiger partial charge in [0, 0.05) is 23.8 Å². The molecule has 0 bridgehead atoms. The summed E-state index contributed by atoms with van der Waals surface area (Å²) in [5, 5.41) is 7.00. The van der Waals surface area contributed by atoms with Gasteiger partial charge in [0.25, 0.3) is 11.7 Å². The maximum absolute atomic E-state index is 13.2. The highest BCUT2D eigenvalue weighted by Gasteiger charge is 2.43. The standard InChI is InChI=1S/C20H21BrN4O3/c1-24-9-8-17(23-24)22-19(27)16(10-12-4-2-3-5-12)25-15-7-6-13(21)11-14(15)18(26)20(25)28/h6-9,11-12,16H,2-5,10H2,1H3,(H,22,23,27). The molecule has 0 saturated heterocycles. The fourth-order valence-corrected chi connectivity index (χ4v) is 4.49. The number of carbonyl (C=O) groups is 3. The number of aryl methyl sites for hydroxylation is 1. The Hall–Kier alpha value is -2.48. The Balaban J connectivity index is 1.67. The van der Waals surface area contributed by atoms with Gasteiger partial charge in [0.1, 0.15) is 6.04 Å². The van der Waals surface area contributed by atoms with E-state index < -0.39 is 17.7 Å². The molecule has 146 valence electrons. The second-order valence-corrected chi connectivity index (χ2v) is 8.35. The minimum absolute atomic E-state index is 0.317. The number of halogens is 1. The lowest BCUT2D eigenvalue weighted by Crippen LogP contribution is -2.48. The normalized spacial score (nSPS) is 17.9. The Morgan fingerprint density at radius 2 is 2.04 bits per heavy atom. The Kier molecular flexibility index (Phi) is 5.05. The van der Waals surface area contributed by atoms with Crippen LogP contribution in [0.25, 0.3) is 0 Å². The topological polar surface area (TPSA) is 84.3 Å². The molecule has 1 fully saturated rings. The minimum Gasteiger partial charge on any atom is -0.307 e. The van der Waals surface area contributed by atoms with Crippen molar-refractivity contribution >= 4 is 45.0 Å². The van der Waals surface area contributed by atoms with Crippen molar-refractivity contribution in [3.63, 3.8) is 0 Å². The fourth-order valence-electron chi connectivity index (χ4n) is 4.13. The number of fused-ring (bicyclic) bond motifs is 1. The second kappa shape index (κ2) is 7.50. The molecule has 2 aromatic rings. The third kappa shape index (κ3) is 3.48. The SMILES string of the molecule is Cn1ccc(NC(=O)C(CC2CCCC2)N2C(=O)C(=O)c3cc(Br)ccc32)n1. The summed E-state index contributed by atoms with van der Waals surface area (Å²) in [4.78, 5) is 39.9. The summed E-state index contributed by atoms with van der Waals surface area (Å²) in [7, 11) is 1.77. The van der Waals surface area contributed by atoms with Gasteiger partial charge < -0.3 is 5.32 Å². The van der Waals surface area contributed by atoms with Gasteiger partial charge >= 0.3 is 0 Å². The van der Waals surface area contributed by atoms with Crippen LogP contribution in [0, 0.1) is 5.92 Å². The molecule has 1 atom stereocenters. The van der Waals surface area contributed by atoms with Gasteiger partial charge in [-0.2, -0.15) is 5.10 Å². The number of aromatic nitrogens is 2. The molecule has 1 unspecified atom stereocenters. The van der Waals surface area contributed by atoms with E-state index in [9.17, 15) is 14.4 Å². The number of benzene rings is 1. The number of Topliss-reactive ketones (excluding diaryl/α,β-unsaturated/α-hetero) is 1. The van der Waals surface area contributed by atoms with E-state index in [1.165, 1.54) is 4.90 Å². The Morgan fingerprint density at radius 3 is 2.71 bits per heavy atom. The van der Waals surface area contributed by atoms with E-state index in [-0.39, 0.29) is 5.91 Å². The number of ketones is 1. The van der Waals surface area contributed by atoms with Crippen molar-refractivity contribution in [2.75, 3.05) is 10.2 Å². The maximum atomic E-state index is 13.2. The minimum atomic E-state index is -0.746. The molecular formula is C20H21BrN4O3. The summed E-state index contributed by atoms with van der Waals surface area (Å²) < 4.78 is 2.32. The molecule has 2 amide bonds. The predicted octanol–water partition coefficient (Wildman–Crippen LogP) is 3.30. The molecule has 7 nitrogen and oxygen atoms in total. The molecule has 1 aliphatic heterocycles. The van der Waals surface area contributed by atoms with Gasteiger partial charge in [0.2, 0.25) is 5.91 Å². The van der Waals surface area contributed by atoms with Crippen LogP contribution in [0.3, 0.4) is 0 Å². The lowest BCUT2D eigenvalue weighted by molar-refractivity contribution is -0.121. The van der Waals surface area contributed by atoms with Crippen molar-refractivity contribution in [2.45, 2.75) is 38.1 Å². The molecule has 0 radical (unpaired) electrons. The van der Waals surface area contributed by atoms with Gasteiger partial charge in [-0.3, -0.25) is 24.0 Å². The van der Waals surface area contributed by atoms with E-state index in [1.54, 1.807) is 42.2 Å². The van der Waals surface area contributed by atoms with E-state index in [2.05, 4.69) is 26.3 Å². The molecule has 1 aromatic heterocycles. The summed E-state index contributed by atoms with van der Waals surface area (Å²) in [5.74, 6) is -0.743. The zero-order chi connectivity index (χ0) is 19.8. The Labute approximate surface area is 171 Å². The molecular weight excluding hydrogens is 424 g/mol. The Morgan fingerprint density at radius 1 is 1.29 bits per heavy atom. The number of rotatable bonds is 5. The lowest BCUT2D eigenvalue weighted by atomic mass is 9.96. The smallest absolute Gasteiger partial charge is 0.300 e. The first kappa shape index (κ1) is 18.9.